The van der Waals surface area contributed by atoms with Gasteiger partial charge in [0, 0.05) is 26.2 Å². The number of piperazine rings is 1. The van der Waals surface area contributed by atoms with Crippen LogP contribution in [0.25, 0.3) is 11.1 Å². The van der Waals surface area contributed by atoms with Crippen LogP contribution in [-0.2, 0) is 6.18 Å². The Bertz CT molecular complexity index is 887. The minimum absolute atomic E-state index is 0. The Morgan fingerprint density at radius 3 is 1.93 bits per heavy atom. The number of nitrogens with one attached hydrogen (secondary N) is 1. The third-order valence-electron chi connectivity index (χ3n) is 5.15. The summed E-state index contributed by atoms with van der Waals surface area (Å²) in [7, 11) is 0. The van der Waals surface area contributed by atoms with E-state index in [0.29, 0.717) is 0 Å². The van der Waals surface area contributed by atoms with Gasteiger partial charge in [-0.3, -0.25) is 4.90 Å². The van der Waals surface area contributed by atoms with Crippen LogP contribution in [0.15, 0.2) is 65.4 Å². The van der Waals surface area contributed by atoms with Crippen LogP contribution in [0.3, 0.4) is 0 Å². The highest BCUT2D eigenvalue weighted by Crippen LogP contribution is 2.33. The highest BCUT2D eigenvalue weighted by molar-refractivity contribution is 7.08. The lowest BCUT2D eigenvalue weighted by Gasteiger charge is -2.35. The Labute approximate surface area is 178 Å². The topological polar surface area (TPSA) is 15.3 Å². The third kappa shape index (κ3) is 5.01. The maximum absolute atomic E-state index is 12.8. The molecular formula is C22H22ClF3N2S. The predicted molar refractivity (Wildman–Crippen MR) is 115 cm³/mol. The lowest BCUT2D eigenvalue weighted by atomic mass is 9.96. The van der Waals surface area contributed by atoms with Gasteiger partial charge >= 0.3 is 6.18 Å². The van der Waals surface area contributed by atoms with Gasteiger partial charge in [-0.25, -0.2) is 0 Å². The number of rotatable bonds is 4. The van der Waals surface area contributed by atoms with Crippen molar-refractivity contribution in [3.05, 3.63) is 82.0 Å². The van der Waals surface area contributed by atoms with Crippen molar-refractivity contribution in [3.63, 3.8) is 0 Å². The van der Waals surface area contributed by atoms with E-state index in [4.69, 9.17) is 0 Å². The van der Waals surface area contributed by atoms with Crippen LogP contribution >= 0.6 is 23.7 Å². The minimum Gasteiger partial charge on any atom is -0.314 e. The lowest BCUT2D eigenvalue weighted by Crippen LogP contribution is -2.45. The van der Waals surface area contributed by atoms with Gasteiger partial charge in [-0.05, 0) is 51.2 Å². The molecule has 1 aliphatic heterocycles. The molecule has 0 unspecified atom stereocenters. The Balaban J connectivity index is 0.00000240. The fraction of sp³-hybridized carbons (Fsp3) is 0.273. The lowest BCUT2D eigenvalue weighted by molar-refractivity contribution is -0.137. The van der Waals surface area contributed by atoms with Gasteiger partial charge in [0.05, 0.1) is 11.6 Å². The second-order valence-electron chi connectivity index (χ2n) is 6.94. The molecule has 29 heavy (non-hydrogen) atoms. The quantitative estimate of drug-likeness (QED) is 0.549. The average Bonchev–Trinajstić information content (AvgIpc) is 3.23. The molecule has 2 aromatic carbocycles. The fourth-order valence-electron chi connectivity index (χ4n) is 3.69. The molecule has 0 amide bonds. The molecule has 7 heteroatoms. The summed E-state index contributed by atoms with van der Waals surface area (Å²) < 4.78 is 38.3. The number of nitrogens with zero attached hydrogens (tertiary/aromatic N) is 1. The van der Waals surface area contributed by atoms with E-state index in [-0.39, 0.29) is 18.4 Å². The zero-order valence-corrected chi connectivity index (χ0v) is 17.3. The monoisotopic (exact) mass is 438 g/mol. The largest absolute Gasteiger partial charge is 0.416 e. The van der Waals surface area contributed by atoms with Gasteiger partial charge < -0.3 is 5.32 Å². The second-order valence-corrected chi connectivity index (χ2v) is 7.72. The number of hydrogen-bond donors (Lipinski definition) is 1. The predicted octanol–water partition coefficient (Wildman–Crippen LogP) is 5.85. The minimum atomic E-state index is -4.31. The zero-order chi connectivity index (χ0) is 19.6. The first kappa shape index (κ1) is 21.8. The molecular weight excluding hydrogens is 417 g/mol. The van der Waals surface area contributed by atoms with Crippen LogP contribution in [0, 0.1) is 0 Å². The van der Waals surface area contributed by atoms with Crippen LogP contribution in [0.5, 0.6) is 0 Å². The molecule has 2 heterocycles. The van der Waals surface area contributed by atoms with Crippen LogP contribution in [0.1, 0.15) is 22.7 Å². The molecule has 0 radical (unpaired) electrons. The molecule has 0 spiro atoms. The maximum Gasteiger partial charge on any atom is 0.416 e. The van der Waals surface area contributed by atoms with E-state index >= 15 is 0 Å². The number of hydrogen-bond acceptors (Lipinski definition) is 3. The molecule has 0 bridgehead atoms. The standard InChI is InChI=1S/C22H21F3N2S.ClH/c23-22(24,25)20-7-5-17(6-8-20)16-1-3-18(4-2-16)21(19-9-14-28-15-19)27-12-10-26-11-13-27;/h1-9,14-15,21,26H,10-13H2;1H/t21-;/m1./s1. The van der Waals surface area contributed by atoms with E-state index in [1.807, 2.05) is 12.1 Å². The maximum atomic E-state index is 12.8. The molecule has 1 fully saturated rings. The summed E-state index contributed by atoms with van der Waals surface area (Å²) in [6, 6.07) is 15.9. The van der Waals surface area contributed by atoms with Gasteiger partial charge in [-0.1, -0.05) is 36.4 Å². The third-order valence-corrected chi connectivity index (χ3v) is 5.85. The van der Waals surface area contributed by atoms with Crippen LogP contribution in [0.4, 0.5) is 13.2 Å². The smallest absolute Gasteiger partial charge is 0.314 e. The first-order valence-corrected chi connectivity index (χ1v) is 10.2. The Morgan fingerprint density at radius 2 is 1.41 bits per heavy atom. The van der Waals surface area contributed by atoms with Crippen molar-refractivity contribution in [3.8, 4) is 11.1 Å². The number of alkyl halides is 3. The van der Waals surface area contributed by atoms with Crippen molar-refractivity contribution >= 4 is 23.7 Å². The van der Waals surface area contributed by atoms with Crippen LogP contribution < -0.4 is 5.32 Å². The van der Waals surface area contributed by atoms with Crippen LogP contribution in [-0.4, -0.2) is 31.1 Å². The molecule has 0 saturated carbocycles. The molecule has 0 aliphatic carbocycles. The van der Waals surface area contributed by atoms with Crippen molar-refractivity contribution in [2.45, 2.75) is 12.2 Å². The zero-order valence-electron chi connectivity index (χ0n) is 15.7. The molecule has 4 rings (SSSR count). The summed E-state index contributed by atoms with van der Waals surface area (Å²) in [6.45, 7) is 3.93. The molecule has 3 aromatic rings. The second kappa shape index (κ2) is 9.30. The molecule has 154 valence electrons. The van der Waals surface area contributed by atoms with Crippen molar-refractivity contribution in [2.75, 3.05) is 26.2 Å². The first-order chi connectivity index (χ1) is 13.5. The first-order valence-electron chi connectivity index (χ1n) is 9.27. The van der Waals surface area contributed by atoms with Gasteiger partial charge in [0.15, 0.2) is 0 Å². The van der Waals surface area contributed by atoms with Gasteiger partial charge in [0.2, 0.25) is 0 Å². The molecule has 1 saturated heterocycles. The van der Waals surface area contributed by atoms with Crippen molar-refractivity contribution in [1.82, 2.24) is 10.2 Å². The number of halogens is 4. The van der Waals surface area contributed by atoms with E-state index in [0.717, 1.165) is 49.4 Å². The summed E-state index contributed by atoms with van der Waals surface area (Å²) in [5, 5.41) is 7.68. The van der Waals surface area contributed by atoms with E-state index in [1.165, 1.54) is 23.3 Å². The van der Waals surface area contributed by atoms with E-state index < -0.39 is 11.7 Å². The summed E-state index contributed by atoms with van der Waals surface area (Å²) in [5.74, 6) is 0. The van der Waals surface area contributed by atoms with Gasteiger partial charge in [-0.2, -0.15) is 24.5 Å². The van der Waals surface area contributed by atoms with E-state index in [1.54, 1.807) is 11.3 Å². The van der Waals surface area contributed by atoms with Gasteiger partial charge in [0.25, 0.3) is 0 Å². The van der Waals surface area contributed by atoms with E-state index in [2.05, 4.69) is 39.2 Å². The molecule has 1 N–H and O–H groups in total. The summed E-state index contributed by atoms with van der Waals surface area (Å²) in [4.78, 5) is 2.48. The number of thiophene rings is 1. The summed E-state index contributed by atoms with van der Waals surface area (Å²) >= 11 is 1.70. The van der Waals surface area contributed by atoms with Crippen molar-refractivity contribution in [1.29, 1.82) is 0 Å². The molecule has 2 nitrogen and oxygen atoms in total. The van der Waals surface area contributed by atoms with E-state index in [9.17, 15) is 13.2 Å². The van der Waals surface area contributed by atoms with Gasteiger partial charge in [-0.15, -0.1) is 12.4 Å². The van der Waals surface area contributed by atoms with Crippen molar-refractivity contribution in [2.24, 2.45) is 0 Å². The Morgan fingerprint density at radius 1 is 0.828 bits per heavy atom. The highest BCUT2D eigenvalue weighted by Gasteiger charge is 2.30. The highest BCUT2D eigenvalue weighted by atomic mass is 35.5. The number of benzene rings is 2. The van der Waals surface area contributed by atoms with Crippen LogP contribution in [0.2, 0.25) is 0 Å². The van der Waals surface area contributed by atoms with Gasteiger partial charge in [0.1, 0.15) is 0 Å². The Hall–Kier alpha value is -1.86. The average molecular weight is 439 g/mol. The fourth-order valence-corrected chi connectivity index (χ4v) is 4.37. The Kier molecular flexibility index (Phi) is 7.01. The summed E-state index contributed by atoms with van der Waals surface area (Å²) in [6.07, 6.45) is -4.31. The molecule has 1 atom stereocenters. The molecule has 1 aliphatic rings. The normalized spacial score (nSPS) is 16.2. The SMILES string of the molecule is Cl.FC(F)(F)c1ccc(-c2ccc([C@H](c3ccsc3)N3CCNCC3)cc2)cc1. The molecule has 1 aromatic heterocycles. The van der Waals surface area contributed by atoms with Crippen molar-refractivity contribution < 1.29 is 13.2 Å². The summed E-state index contributed by atoms with van der Waals surface area (Å²) in [5.41, 5.74) is 3.57.